The van der Waals surface area contributed by atoms with E-state index in [1.807, 2.05) is 0 Å². The average Bonchev–Trinajstić information content (AvgIpc) is 2.38. The molecule has 0 saturated carbocycles. The summed E-state index contributed by atoms with van der Waals surface area (Å²) in [4.78, 5) is 0. The van der Waals surface area contributed by atoms with E-state index in [1.165, 1.54) is 45.2 Å². The summed E-state index contributed by atoms with van der Waals surface area (Å²) in [6.07, 6.45) is 6.63. The van der Waals surface area contributed by atoms with Gasteiger partial charge in [0.1, 0.15) is 0 Å². The molecule has 1 N–H and O–H groups in total. The highest BCUT2D eigenvalue weighted by molar-refractivity contribution is 5.85. The fraction of sp³-hybridized carbons (Fsp3) is 0.600. The van der Waals surface area contributed by atoms with E-state index in [0.29, 0.717) is 5.41 Å². The zero-order valence-corrected chi connectivity index (χ0v) is 11.6. The summed E-state index contributed by atoms with van der Waals surface area (Å²) in [7, 11) is 0. The van der Waals surface area contributed by atoms with Crippen LogP contribution in [0, 0.1) is 0 Å². The Morgan fingerprint density at radius 2 is 1.76 bits per heavy atom. The third kappa shape index (κ3) is 3.46. The van der Waals surface area contributed by atoms with Gasteiger partial charge in [0.05, 0.1) is 0 Å². The number of nitrogens with one attached hydrogen (secondary N) is 1. The summed E-state index contributed by atoms with van der Waals surface area (Å²) in [6.45, 7) is 4.65. The molecule has 1 heterocycles. The minimum atomic E-state index is 0. The fourth-order valence-electron chi connectivity index (χ4n) is 2.90. The monoisotopic (exact) mass is 253 g/mol. The van der Waals surface area contributed by atoms with E-state index in [0.717, 1.165) is 0 Å². The van der Waals surface area contributed by atoms with Crippen LogP contribution in [0.25, 0.3) is 0 Å². The Morgan fingerprint density at radius 1 is 1.12 bits per heavy atom. The van der Waals surface area contributed by atoms with Crippen LogP contribution >= 0.6 is 12.4 Å². The summed E-state index contributed by atoms with van der Waals surface area (Å²) < 4.78 is 0. The van der Waals surface area contributed by atoms with Crippen LogP contribution in [0.5, 0.6) is 0 Å². The van der Waals surface area contributed by atoms with E-state index in [-0.39, 0.29) is 12.4 Å². The van der Waals surface area contributed by atoms with Crippen molar-refractivity contribution in [1.82, 2.24) is 5.32 Å². The fourth-order valence-corrected chi connectivity index (χ4v) is 2.90. The van der Waals surface area contributed by atoms with E-state index in [9.17, 15) is 0 Å². The highest BCUT2D eigenvalue weighted by atomic mass is 35.5. The number of rotatable bonds is 4. The molecule has 2 rings (SSSR count). The lowest BCUT2D eigenvalue weighted by Crippen LogP contribution is -2.39. The van der Waals surface area contributed by atoms with Crippen LogP contribution in [0.4, 0.5) is 0 Å². The van der Waals surface area contributed by atoms with Crippen LogP contribution in [0.3, 0.4) is 0 Å². The van der Waals surface area contributed by atoms with Gasteiger partial charge in [-0.25, -0.2) is 0 Å². The third-order valence-corrected chi connectivity index (χ3v) is 3.96. The van der Waals surface area contributed by atoms with Crippen LogP contribution < -0.4 is 5.32 Å². The minimum Gasteiger partial charge on any atom is -0.317 e. The first-order chi connectivity index (χ1) is 7.87. The van der Waals surface area contributed by atoms with Gasteiger partial charge < -0.3 is 5.32 Å². The molecule has 1 nitrogen and oxygen atoms in total. The van der Waals surface area contributed by atoms with E-state index in [4.69, 9.17) is 0 Å². The summed E-state index contributed by atoms with van der Waals surface area (Å²) in [5, 5.41) is 3.49. The van der Waals surface area contributed by atoms with Crippen LogP contribution in [0.15, 0.2) is 30.3 Å². The molecule has 1 aromatic rings. The molecule has 17 heavy (non-hydrogen) atoms. The van der Waals surface area contributed by atoms with Crippen molar-refractivity contribution in [2.75, 3.05) is 13.1 Å². The number of unbranched alkanes of at least 4 members (excludes halogenated alkanes) is 1. The largest absolute Gasteiger partial charge is 0.317 e. The molecule has 2 heteroatoms. The van der Waals surface area contributed by atoms with Gasteiger partial charge in [-0.15, -0.1) is 12.4 Å². The number of piperidine rings is 1. The first-order valence-corrected chi connectivity index (χ1v) is 6.64. The zero-order chi connectivity index (χ0) is 11.3. The normalized spacial score (nSPS) is 18.4. The topological polar surface area (TPSA) is 12.0 Å². The van der Waals surface area contributed by atoms with Crippen molar-refractivity contribution in [1.29, 1.82) is 0 Å². The number of benzene rings is 1. The lowest BCUT2D eigenvalue weighted by molar-refractivity contribution is 0.281. The first-order valence-electron chi connectivity index (χ1n) is 6.64. The Hall–Kier alpha value is -0.530. The molecule has 1 aliphatic heterocycles. The predicted molar refractivity (Wildman–Crippen MR) is 77.0 cm³/mol. The maximum Gasteiger partial charge on any atom is -0.00229 e. The molecule has 0 unspecified atom stereocenters. The molecule has 0 aromatic heterocycles. The van der Waals surface area contributed by atoms with Crippen molar-refractivity contribution in [3.63, 3.8) is 0 Å². The van der Waals surface area contributed by atoms with Crippen molar-refractivity contribution in [3.8, 4) is 0 Å². The van der Waals surface area contributed by atoms with Gasteiger partial charge in [0, 0.05) is 0 Å². The molecule has 1 saturated heterocycles. The molecular formula is C15H24ClN. The van der Waals surface area contributed by atoms with Crippen molar-refractivity contribution in [3.05, 3.63) is 35.9 Å². The molecule has 0 bridgehead atoms. The van der Waals surface area contributed by atoms with E-state index < -0.39 is 0 Å². The highest BCUT2D eigenvalue weighted by Crippen LogP contribution is 2.38. The third-order valence-electron chi connectivity index (χ3n) is 3.96. The van der Waals surface area contributed by atoms with Gasteiger partial charge in [0.2, 0.25) is 0 Å². The van der Waals surface area contributed by atoms with Crippen molar-refractivity contribution in [2.24, 2.45) is 0 Å². The van der Waals surface area contributed by atoms with Crippen molar-refractivity contribution in [2.45, 2.75) is 44.4 Å². The molecule has 1 aromatic carbocycles. The Bertz CT molecular complexity index is 304. The summed E-state index contributed by atoms with van der Waals surface area (Å²) >= 11 is 0. The van der Waals surface area contributed by atoms with Crippen LogP contribution in [-0.2, 0) is 5.41 Å². The molecule has 0 aliphatic carbocycles. The zero-order valence-electron chi connectivity index (χ0n) is 10.7. The Morgan fingerprint density at radius 3 is 2.35 bits per heavy atom. The quantitative estimate of drug-likeness (QED) is 0.858. The Labute approximate surface area is 111 Å². The maximum absolute atomic E-state index is 3.49. The van der Waals surface area contributed by atoms with Gasteiger partial charge in [-0.3, -0.25) is 0 Å². The van der Waals surface area contributed by atoms with E-state index in [1.54, 1.807) is 5.56 Å². The van der Waals surface area contributed by atoms with Crippen LogP contribution in [-0.4, -0.2) is 13.1 Å². The average molecular weight is 254 g/mol. The predicted octanol–water partition coefficient (Wildman–Crippen LogP) is 3.92. The maximum atomic E-state index is 3.49. The van der Waals surface area contributed by atoms with Gasteiger partial charge >= 0.3 is 0 Å². The highest BCUT2D eigenvalue weighted by Gasteiger charge is 2.32. The van der Waals surface area contributed by atoms with Gasteiger partial charge in [0.15, 0.2) is 0 Å². The molecule has 0 amide bonds. The lowest BCUT2D eigenvalue weighted by atomic mass is 9.70. The van der Waals surface area contributed by atoms with Gasteiger partial charge in [-0.05, 0) is 43.3 Å². The number of hydrogen-bond donors (Lipinski definition) is 1. The minimum absolute atomic E-state index is 0. The molecule has 96 valence electrons. The van der Waals surface area contributed by atoms with Crippen LogP contribution in [0.2, 0.25) is 0 Å². The second-order valence-corrected chi connectivity index (χ2v) is 5.00. The number of hydrogen-bond acceptors (Lipinski definition) is 1. The summed E-state index contributed by atoms with van der Waals surface area (Å²) in [5.74, 6) is 0. The summed E-state index contributed by atoms with van der Waals surface area (Å²) in [6, 6.07) is 11.1. The summed E-state index contributed by atoms with van der Waals surface area (Å²) in [5.41, 5.74) is 2.02. The van der Waals surface area contributed by atoms with Gasteiger partial charge in [-0.2, -0.15) is 0 Å². The molecular weight excluding hydrogens is 230 g/mol. The first kappa shape index (κ1) is 14.5. The Balaban J connectivity index is 0.00000144. The molecule has 0 spiro atoms. The molecule has 0 radical (unpaired) electrons. The molecule has 1 fully saturated rings. The number of halogens is 1. The van der Waals surface area contributed by atoms with Crippen LogP contribution in [0.1, 0.15) is 44.6 Å². The molecule has 1 aliphatic rings. The Kier molecular flexibility index (Phi) is 6.01. The lowest BCUT2D eigenvalue weighted by Gasteiger charge is -2.38. The van der Waals surface area contributed by atoms with E-state index in [2.05, 4.69) is 42.6 Å². The smallest absolute Gasteiger partial charge is 0.00229 e. The molecule has 0 atom stereocenters. The second kappa shape index (κ2) is 7.03. The van der Waals surface area contributed by atoms with Crippen molar-refractivity contribution < 1.29 is 0 Å². The standard InChI is InChI=1S/C15H23N.ClH/c1-2-3-9-15(10-12-16-13-11-15)14-7-5-4-6-8-14;/h4-8,16H,2-3,9-13H2,1H3;1H. The van der Waals surface area contributed by atoms with Crippen molar-refractivity contribution >= 4 is 12.4 Å². The van der Waals surface area contributed by atoms with Gasteiger partial charge in [-0.1, -0.05) is 50.1 Å². The SMILES string of the molecule is CCCCC1(c2ccccc2)CCNCC1.Cl. The second-order valence-electron chi connectivity index (χ2n) is 5.00. The van der Waals surface area contributed by atoms with Gasteiger partial charge in [0.25, 0.3) is 0 Å². The van der Waals surface area contributed by atoms with E-state index >= 15 is 0 Å².